The fourth-order valence-electron chi connectivity index (χ4n) is 4.27. The highest BCUT2D eigenvalue weighted by molar-refractivity contribution is 5.68. The highest BCUT2D eigenvalue weighted by Crippen LogP contribution is 2.33. The van der Waals surface area contributed by atoms with E-state index in [0.717, 1.165) is 54.3 Å². The highest BCUT2D eigenvalue weighted by atomic mass is 15.4. The molecule has 152 valence electrons. The van der Waals surface area contributed by atoms with Crippen molar-refractivity contribution in [1.29, 1.82) is 5.26 Å². The summed E-state index contributed by atoms with van der Waals surface area (Å²) in [4.78, 5) is 11.7. The molecule has 4 aromatic rings. The van der Waals surface area contributed by atoms with E-state index in [2.05, 4.69) is 33.1 Å². The van der Waals surface area contributed by atoms with Crippen molar-refractivity contribution in [2.45, 2.75) is 25.3 Å². The zero-order valence-corrected chi connectivity index (χ0v) is 17.1. The van der Waals surface area contributed by atoms with Gasteiger partial charge in [0, 0.05) is 56.6 Å². The molecule has 0 bridgehead atoms. The molecule has 0 radical (unpaired) electrons. The van der Waals surface area contributed by atoms with E-state index in [-0.39, 0.29) is 5.54 Å². The number of imidazole rings is 1. The Morgan fingerprint density at radius 2 is 2.00 bits per heavy atom. The van der Waals surface area contributed by atoms with Crippen LogP contribution >= 0.6 is 0 Å². The molecule has 5 heterocycles. The van der Waals surface area contributed by atoms with Crippen LogP contribution in [0, 0.1) is 11.3 Å². The van der Waals surface area contributed by atoms with Crippen LogP contribution in [-0.4, -0.2) is 58.5 Å². The number of aromatic nitrogens is 7. The summed E-state index contributed by atoms with van der Waals surface area (Å²) in [5.74, 6) is 0.770. The third-order valence-corrected chi connectivity index (χ3v) is 5.70. The molecule has 0 aromatic carbocycles. The lowest BCUT2D eigenvalue weighted by atomic mass is 9.86. The first-order chi connectivity index (χ1) is 14.6. The van der Waals surface area contributed by atoms with Gasteiger partial charge in [0.25, 0.3) is 0 Å². The lowest BCUT2D eigenvalue weighted by molar-refractivity contribution is 0.00557. The predicted molar refractivity (Wildman–Crippen MR) is 111 cm³/mol. The molecular weight excluding hydrogens is 378 g/mol. The molecule has 0 unspecified atom stereocenters. The fraction of sp³-hybridized carbons (Fsp3) is 0.381. The van der Waals surface area contributed by atoms with Gasteiger partial charge in [-0.2, -0.15) is 15.5 Å². The van der Waals surface area contributed by atoms with Crippen LogP contribution < -0.4 is 0 Å². The van der Waals surface area contributed by atoms with Crippen molar-refractivity contribution in [1.82, 2.24) is 38.8 Å². The maximum atomic E-state index is 9.40. The topological polar surface area (TPSA) is 92.9 Å². The van der Waals surface area contributed by atoms with Crippen molar-refractivity contribution in [3.8, 4) is 28.7 Å². The quantitative estimate of drug-likeness (QED) is 0.492. The number of hydrogen-bond acceptors (Lipinski definition) is 6. The summed E-state index contributed by atoms with van der Waals surface area (Å²) in [5, 5.41) is 18.3. The van der Waals surface area contributed by atoms with Crippen LogP contribution in [0.2, 0.25) is 0 Å². The molecule has 9 heteroatoms. The second-order valence-corrected chi connectivity index (χ2v) is 7.97. The molecule has 0 spiro atoms. The maximum absolute atomic E-state index is 9.40. The van der Waals surface area contributed by atoms with Gasteiger partial charge in [-0.15, -0.1) is 0 Å². The van der Waals surface area contributed by atoms with Crippen LogP contribution in [0.3, 0.4) is 0 Å². The summed E-state index contributed by atoms with van der Waals surface area (Å²) in [6.45, 7) is 4.91. The summed E-state index contributed by atoms with van der Waals surface area (Å²) in [5.41, 5.74) is 3.20. The molecule has 0 aliphatic carbocycles. The molecule has 9 nitrogen and oxygen atoms in total. The molecule has 30 heavy (non-hydrogen) atoms. The zero-order valence-electron chi connectivity index (χ0n) is 17.1. The van der Waals surface area contributed by atoms with E-state index in [1.54, 1.807) is 17.1 Å². The first-order valence-corrected chi connectivity index (χ1v) is 10.1. The fourth-order valence-corrected chi connectivity index (χ4v) is 4.27. The van der Waals surface area contributed by atoms with Gasteiger partial charge in [-0.05, 0) is 13.0 Å². The van der Waals surface area contributed by atoms with E-state index in [4.69, 9.17) is 4.98 Å². The summed E-state index contributed by atoms with van der Waals surface area (Å²) >= 11 is 0. The van der Waals surface area contributed by atoms with Crippen LogP contribution in [-0.2, 0) is 12.6 Å². The van der Waals surface area contributed by atoms with E-state index in [1.807, 2.05) is 47.0 Å². The maximum Gasteiger partial charge on any atom is 0.149 e. The van der Waals surface area contributed by atoms with E-state index in [1.165, 1.54) is 0 Å². The summed E-state index contributed by atoms with van der Waals surface area (Å²) < 4.78 is 5.68. The van der Waals surface area contributed by atoms with Crippen molar-refractivity contribution < 1.29 is 0 Å². The Balaban J connectivity index is 1.55. The Labute approximate surface area is 174 Å². The molecule has 1 aliphatic rings. The number of hydrogen-bond donors (Lipinski definition) is 0. The van der Waals surface area contributed by atoms with Crippen molar-refractivity contribution in [3.63, 3.8) is 0 Å². The number of nitrogens with zero attached hydrogens (tertiary/aromatic N) is 9. The van der Waals surface area contributed by atoms with E-state index < -0.39 is 0 Å². The van der Waals surface area contributed by atoms with Crippen LogP contribution in [0.5, 0.6) is 0 Å². The van der Waals surface area contributed by atoms with Gasteiger partial charge in [-0.1, -0.05) is 6.92 Å². The Morgan fingerprint density at radius 1 is 1.17 bits per heavy atom. The number of likely N-dealkylation sites (tertiary alicyclic amines) is 1. The Morgan fingerprint density at radius 3 is 2.73 bits per heavy atom. The Bertz CT molecular complexity index is 1230. The normalized spacial score (nSPS) is 15.9. The van der Waals surface area contributed by atoms with Crippen molar-refractivity contribution in [2.75, 3.05) is 19.6 Å². The van der Waals surface area contributed by atoms with Crippen molar-refractivity contribution in [3.05, 3.63) is 43.2 Å². The second-order valence-electron chi connectivity index (χ2n) is 7.97. The minimum atomic E-state index is -0.267. The molecule has 1 saturated heterocycles. The van der Waals surface area contributed by atoms with Gasteiger partial charge in [-0.25, -0.2) is 9.97 Å². The standard InChI is InChI=1S/C21H23N9/c1-3-7-28-14-21(15-28,4-5-22)30-13-17(11-25-30)20-26-18(16-10-24-27(2)12-16)9-19-23-6-8-29(19)20/h6,8-13H,3-4,7,14-15H2,1-2H3. The Kier molecular flexibility index (Phi) is 4.37. The SMILES string of the molecule is CCCN1CC(CC#N)(n2cc(-c3nc(-c4cnn(C)c4)cc4nccn34)cn2)C1. The van der Waals surface area contributed by atoms with E-state index in [0.29, 0.717) is 6.42 Å². The summed E-state index contributed by atoms with van der Waals surface area (Å²) in [7, 11) is 1.89. The lowest BCUT2D eigenvalue weighted by Gasteiger charge is -2.49. The van der Waals surface area contributed by atoms with E-state index >= 15 is 0 Å². The van der Waals surface area contributed by atoms with E-state index in [9.17, 15) is 5.26 Å². The molecule has 0 N–H and O–H groups in total. The first kappa shape index (κ1) is 18.5. The smallest absolute Gasteiger partial charge is 0.149 e. The molecule has 0 saturated carbocycles. The Hall–Kier alpha value is -3.51. The van der Waals surface area contributed by atoms with Crippen molar-refractivity contribution >= 4 is 5.65 Å². The summed E-state index contributed by atoms with van der Waals surface area (Å²) in [6.07, 6.45) is 12.8. The predicted octanol–water partition coefficient (Wildman–Crippen LogP) is 2.33. The third kappa shape index (κ3) is 2.97. The van der Waals surface area contributed by atoms with Crippen LogP contribution in [0.25, 0.3) is 28.3 Å². The largest absolute Gasteiger partial charge is 0.298 e. The molecule has 0 amide bonds. The minimum Gasteiger partial charge on any atom is -0.298 e. The van der Waals surface area contributed by atoms with Gasteiger partial charge >= 0.3 is 0 Å². The van der Waals surface area contributed by atoms with Gasteiger partial charge in [0.15, 0.2) is 0 Å². The third-order valence-electron chi connectivity index (χ3n) is 5.70. The molecular formula is C21H23N9. The monoisotopic (exact) mass is 401 g/mol. The number of rotatable bonds is 6. The average molecular weight is 401 g/mol. The van der Waals surface area contributed by atoms with Gasteiger partial charge in [0.1, 0.15) is 17.0 Å². The number of nitriles is 1. The average Bonchev–Trinajstić information content (AvgIpc) is 3.45. The second kappa shape index (κ2) is 7.07. The first-order valence-electron chi connectivity index (χ1n) is 10.1. The highest BCUT2D eigenvalue weighted by Gasteiger charge is 2.45. The molecule has 5 rings (SSSR count). The molecule has 0 atom stereocenters. The zero-order chi connectivity index (χ0) is 20.7. The van der Waals surface area contributed by atoms with Gasteiger partial charge < -0.3 is 0 Å². The molecule has 1 aliphatic heterocycles. The lowest BCUT2D eigenvalue weighted by Crippen LogP contribution is -2.62. The van der Waals surface area contributed by atoms with Crippen LogP contribution in [0.15, 0.2) is 43.2 Å². The van der Waals surface area contributed by atoms with Crippen LogP contribution in [0.4, 0.5) is 0 Å². The molecule has 1 fully saturated rings. The van der Waals surface area contributed by atoms with Gasteiger partial charge in [0.05, 0.1) is 36.1 Å². The van der Waals surface area contributed by atoms with Crippen molar-refractivity contribution in [2.24, 2.45) is 7.05 Å². The summed E-state index contributed by atoms with van der Waals surface area (Å²) in [6, 6.07) is 4.31. The minimum absolute atomic E-state index is 0.267. The number of fused-ring (bicyclic) bond motifs is 1. The van der Waals surface area contributed by atoms with Gasteiger partial charge in [0.2, 0.25) is 0 Å². The van der Waals surface area contributed by atoms with Crippen LogP contribution in [0.1, 0.15) is 19.8 Å². The van der Waals surface area contributed by atoms with Gasteiger partial charge in [-0.3, -0.25) is 18.7 Å². The molecule has 4 aromatic heterocycles. The number of aryl methyl sites for hydroxylation is 1.